The Bertz CT molecular complexity index is 436. The topological polar surface area (TPSA) is 68.9 Å². The first-order chi connectivity index (χ1) is 9.28. The molecule has 0 unspecified atom stereocenters. The Balaban J connectivity index is 0.00000200. The SMILES string of the molecule is COc1cccc(OCCCN=C(N)NC2CC2)c1.I. The van der Waals surface area contributed by atoms with Crippen molar-refractivity contribution in [1.82, 2.24) is 5.32 Å². The van der Waals surface area contributed by atoms with Crippen molar-refractivity contribution in [1.29, 1.82) is 0 Å². The number of ether oxygens (including phenoxy) is 2. The number of aliphatic imine (C=N–C) groups is 1. The summed E-state index contributed by atoms with van der Waals surface area (Å²) in [5, 5.41) is 3.15. The lowest BCUT2D eigenvalue weighted by molar-refractivity contribution is 0.311. The predicted octanol–water partition coefficient (Wildman–Crippen LogP) is 2.15. The number of hydrogen-bond acceptors (Lipinski definition) is 3. The van der Waals surface area contributed by atoms with E-state index in [2.05, 4.69) is 10.3 Å². The van der Waals surface area contributed by atoms with Gasteiger partial charge in [-0.15, -0.1) is 24.0 Å². The zero-order valence-corrected chi connectivity index (χ0v) is 14.0. The molecule has 6 heteroatoms. The van der Waals surface area contributed by atoms with Crippen LogP contribution in [0.15, 0.2) is 29.3 Å². The molecule has 0 radical (unpaired) electrons. The molecule has 0 aromatic heterocycles. The molecule has 112 valence electrons. The summed E-state index contributed by atoms with van der Waals surface area (Å²) < 4.78 is 10.7. The lowest BCUT2D eigenvalue weighted by Gasteiger charge is -2.07. The number of guanidine groups is 1. The van der Waals surface area contributed by atoms with Crippen molar-refractivity contribution < 1.29 is 9.47 Å². The van der Waals surface area contributed by atoms with Crippen LogP contribution in [0.3, 0.4) is 0 Å². The fourth-order valence-corrected chi connectivity index (χ4v) is 1.63. The van der Waals surface area contributed by atoms with Gasteiger partial charge in [0.2, 0.25) is 0 Å². The highest BCUT2D eigenvalue weighted by Crippen LogP contribution is 2.19. The van der Waals surface area contributed by atoms with Gasteiger partial charge in [-0.3, -0.25) is 4.99 Å². The van der Waals surface area contributed by atoms with Gasteiger partial charge in [0.25, 0.3) is 0 Å². The van der Waals surface area contributed by atoms with E-state index in [1.807, 2.05) is 24.3 Å². The first kappa shape index (κ1) is 16.9. The van der Waals surface area contributed by atoms with Crippen molar-refractivity contribution in [3.63, 3.8) is 0 Å². The van der Waals surface area contributed by atoms with Crippen LogP contribution >= 0.6 is 24.0 Å². The van der Waals surface area contributed by atoms with Crippen LogP contribution in [-0.4, -0.2) is 32.3 Å². The molecule has 20 heavy (non-hydrogen) atoms. The molecule has 1 aliphatic carbocycles. The highest BCUT2D eigenvalue weighted by Gasteiger charge is 2.21. The minimum atomic E-state index is 0. The van der Waals surface area contributed by atoms with E-state index in [0.717, 1.165) is 17.9 Å². The fourth-order valence-electron chi connectivity index (χ4n) is 1.63. The summed E-state index contributed by atoms with van der Waals surface area (Å²) >= 11 is 0. The van der Waals surface area contributed by atoms with Gasteiger partial charge in [0, 0.05) is 25.1 Å². The summed E-state index contributed by atoms with van der Waals surface area (Å²) in [6.45, 7) is 1.29. The molecule has 0 spiro atoms. The Morgan fingerprint density at radius 3 is 2.85 bits per heavy atom. The van der Waals surface area contributed by atoms with E-state index in [1.54, 1.807) is 7.11 Å². The Morgan fingerprint density at radius 1 is 1.40 bits per heavy atom. The lowest BCUT2D eigenvalue weighted by Crippen LogP contribution is -2.33. The monoisotopic (exact) mass is 391 g/mol. The third-order valence-electron chi connectivity index (χ3n) is 2.82. The molecule has 1 fully saturated rings. The third-order valence-corrected chi connectivity index (χ3v) is 2.82. The van der Waals surface area contributed by atoms with E-state index in [-0.39, 0.29) is 24.0 Å². The summed E-state index contributed by atoms with van der Waals surface area (Å²) in [7, 11) is 1.64. The van der Waals surface area contributed by atoms with Gasteiger partial charge in [-0.25, -0.2) is 0 Å². The molecule has 0 heterocycles. The number of rotatable bonds is 7. The van der Waals surface area contributed by atoms with Crippen LogP contribution in [0.5, 0.6) is 11.5 Å². The van der Waals surface area contributed by atoms with E-state index in [1.165, 1.54) is 12.8 Å². The van der Waals surface area contributed by atoms with Crippen molar-refractivity contribution in [2.75, 3.05) is 20.3 Å². The van der Waals surface area contributed by atoms with Crippen molar-refractivity contribution in [3.8, 4) is 11.5 Å². The van der Waals surface area contributed by atoms with Gasteiger partial charge in [-0.1, -0.05) is 6.07 Å². The highest BCUT2D eigenvalue weighted by atomic mass is 127. The Hall–Kier alpha value is -1.18. The van der Waals surface area contributed by atoms with Gasteiger partial charge in [-0.05, 0) is 25.0 Å². The second kappa shape index (κ2) is 8.89. The van der Waals surface area contributed by atoms with Crippen LogP contribution in [0.25, 0.3) is 0 Å². The van der Waals surface area contributed by atoms with Crippen molar-refractivity contribution in [2.24, 2.45) is 10.7 Å². The minimum Gasteiger partial charge on any atom is -0.497 e. The molecule has 0 amide bonds. The standard InChI is InChI=1S/C14H21N3O2.HI/c1-18-12-4-2-5-13(10-12)19-9-3-8-16-14(15)17-11-6-7-11;/h2,4-5,10-11H,3,6-9H2,1H3,(H3,15,16,17);1H. The maximum absolute atomic E-state index is 5.73. The molecule has 3 N–H and O–H groups in total. The minimum absolute atomic E-state index is 0. The zero-order chi connectivity index (χ0) is 13.5. The summed E-state index contributed by atoms with van der Waals surface area (Å²) in [6.07, 6.45) is 3.24. The number of methoxy groups -OCH3 is 1. The molecule has 5 nitrogen and oxygen atoms in total. The van der Waals surface area contributed by atoms with E-state index in [4.69, 9.17) is 15.2 Å². The second-order valence-electron chi connectivity index (χ2n) is 4.57. The van der Waals surface area contributed by atoms with Gasteiger partial charge in [0.1, 0.15) is 11.5 Å². The molecular weight excluding hydrogens is 369 g/mol. The number of nitrogens with zero attached hydrogens (tertiary/aromatic N) is 1. The average Bonchev–Trinajstić information content (AvgIpc) is 3.22. The van der Waals surface area contributed by atoms with E-state index in [9.17, 15) is 0 Å². The fraction of sp³-hybridized carbons (Fsp3) is 0.500. The largest absolute Gasteiger partial charge is 0.497 e. The van der Waals surface area contributed by atoms with Crippen LogP contribution in [0, 0.1) is 0 Å². The Morgan fingerprint density at radius 2 is 2.15 bits per heavy atom. The zero-order valence-electron chi connectivity index (χ0n) is 11.7. The first-order valence-electron chi connectivity index (χ1n) is 6.61. The van der Waals surface area contributed by atoms with Gasteiger partial charge in [0.05, 0.1) is 13.7 Å². The molecule has 1 aromatic rings. The smallest absolute Gasteiger partial charge is 0.188 e. The maximum atomic E-state index is 5.73. The molecule has 0 saturated heterocycles. The second-order valence-corrected chi connectivity index (χ2v) is 4.57. The van der Waals surface area contributed by atoms with Crippen LogP contribution in [0.2, 0.25) is 0 Å². The predicted molar refractivity (Wildman–Crippen MR) is 91.2 cm³/mol. The molecule has 0 bridgehead atoms. The van der Waals surface area contributed by atoms with E-state index in [0.29, 0.717) is 25.2 Å². The Labute approximate surface area is 137 Å². The quantitative estimate of drug-likeness (QED) is 0.324. The van der Waals surface area contributed by atoms with Gasteiger partial charge in [-0.2, -0.15) is 0 Å². The van der Waals surface area contributed by atoms with E-state index < -0.39 is 0 Å². The molecule has 0 atom stereocenters. The number of benzene rings is 1. The number of nitrogens with one attached hydrogen (secondary N) is 1. The highest BCUT2D eigenvalue weighted by molar-refractivity contribution is 14.0. The number of halogens is 1. The normalized spacial score (nSPS) is 14.3. The van der Waals surface area contributed by atoms with Crippen LogP contribution in [0.4, 0.5) is 0 Å². The van der Waals surface area contributed by atoms with Crippen molar-refractivity contribution in [2.45, 2.75) is 25.3 Å². The van der Waals surface area contributed by atoms with Crippen LogP contribution in [-0.2, 0) is 0 Å². The molecule has 1 aliphatic rings. The molecule has 1 saturated carbocycles. The first-order valence-corrected chi connectivity index (χ1v) is 6.61. The number of nitrogens with two attached hydrogens (primary N) is 1. The Kier molecular flexibility index (Phi) is 7.50. The van der Waals surface area contributed by atoms with E-state index >= 15 is 0 Å². The summed E-state index contributed by atoms with van der Waals surface area (Å²) in [5.74, 6) is 2.16. The average molecular weight is 391 g/mol. The summed E-state index contributed by atoms with van der Waals surface area (Å²) in [5.41, 5.74) is 5.73. The maximum Gasteiger partial charge on any atom is 0.188 e. The molecule has 0 aliphatic heterocycles. The number of hydrogen-bond donors (Lipinski definition) is 2. The third kappa shape index (κ3) is 6.31. The van der Waals surface area contributed by atoms with Crippen LogP contribution < -0.4 is 20.5 Å². The van der Waals surface area contributed by atoms with Gasteiger partial charge in [0.15, 0.2) is 5.96 Å². The molecule has 2 rings (SSSR count). The summed E-state index contributed by atoms with van der Waals surface area (Å²) in [6, 6.07) is 8.13. The summed E-state index contributed by atoms with van der Waals surface area (Å²) in [4.78, 5) is 4.25. The molecule has 1 aromatic carbocycles. The molecular formula is C14H22IN3O2. The van der Waals surface area contributed by atoms with Crippen molar-refractivity contribution in [3.05, 3.63) is 24.3 Å². The van der Waals surface area contributed by atoms with Crippen molar-refractivity contribution >= 4 is 29.9 Å². The van der Waals surface area contributed by atoms with Gasteiger partial charge < -0.3 is 20.5 Å². The van der Waals surface area contributed by atoms with Crippen LogP contribution in [0.1, 0.15) is 19.3 Å². The van der Waals surface area contributed by atoms with Gasteiger partial charge >= 0.3 is 0 Å². The lowest BCUT2D eigenvalue weighted by atomic mass is 10.3.